The van der Waals surface area contributed by atoms with Gasteiger partial charge >= 0.3 is 5.97 Å². The van der Waals surface area contributed by atoms with Crippen LogP contribution >= 0.6 is 0 Å². The molecule has 0 unspecified atom stereocenters. The fraction of sp³-hybridized carbons (Fsp3) is 0.833. The lowest BCUT2D eigenvalue weighted by atomic mass is 9.86. The van der Waals surface area contributed by atoms with Crippen molar-refractivity contribution in [1.29, 1.82) is 0 Å². The van der Waals surface area contributed by atoms with Crippen molar-refractivity contribution in [2.75, 3.05) is 0 Å². The lowest BCUT2D eigenvalue weighted by Gasteiger charge is -2.31. The molecule has 1 saturated carbocycles. The Morgan fingerprint density at radius 1 is 1.24 bits per heavy atom. The maximum atomic E-state index is 12.0. The van der Waals surface area contributed by atoms with E-state index in [2.05, 4.69) is 0 Å². The van der Waals surface area contributed by atoms with Crippen LogP contribution in [0.4, 0.5) is 0 Å². The fourth-order valence-corrected chi connectivity index (χ4v) is 2.05. The third-order valence-electron chi connectivity index (χ3n) is 3.48. The number of esters is 1. The molecule has 1 amide bonds. The Balaban J connectivity index is 2.68. The number of nitrogens with two attached hydrogens (primary N) is 2. The Morgan fingerprint density at radius 3 is 2.18 bits per heavy atom. The Bertz CT molecular complexity index is 298. The first-order valence-corrected chi connectivity index (χ1v) is 6.19. The van der Waals surface area contributed by atoms with Gasteiger partial charge in [-0.15, -0.1) is 0 Å². The minimum Gasteiger partial charge on any atom is -0.461 e. The Hall–Kier alpha value is -1.10. The van der Waals surface area contributed by atoms with E-state index < -0.39 is 17.4 Å². The zero-order valence-electron chi connectivity index (χ0n) is 10.6. The van der Waals surface area contributed by atoms with Gasteiger partial charge in [-0.25, -0.2) is 4.79 Å². The van der Waals surface area contributed by atoms with Crippen molar-refractivity contribution in [3.8, 4) is 0 Å². The Kier molecular flexibility index (Phi) is 4.51. The molecule has 0 aromatic heterocycles. The molecule has 4 N–H and O–H groups in total. The summed E-state index contributed by atoms with van der Waals surface area (Å²) in [5, 5.41) is 0. The highest BCUT2D eigenvalue weighted by atomic mass is 16.5. The molecule has 98 valence electrons. The van der Waals surface area contributed by atoms with E-state index in [0.29, 0.717) is 0 Å². The fourth-order valence-electron chi connectivity index (χ4n) is 2.05. The second-order valence-electron chi connectivity index (χ2n) is 5.05. The predicted molar refractivity (Wildman–Crippen MR) is 63.9 cm³/mol. The third-order valence-corrected chi connectivity index (χ3v) is 3.48. The molecular weight excluding hydrogens is 220 g/mol. The van der Waals surface area contributed by atoms with E-state index in [-0.39, 0.29) is 12.0 Å². The average molecular weight is 242 g/mol. The van der Waals surface area contributed by atoms with Gasteiger partial charge in [0.2, 0.25) is 5.91 Å². The molecule has 1 aliphatic carbocycles. The van der Waals surface area contributed by atoms with Crippen molar-refractivity contribution >= 4 is 11.9 Å². The molecule has 0 bridgehead atoms. The van der Waals surface area contributed by atoms with Gasteiger partial charge in [-0.2, -0.15) is 0 Å². The van der Waals surface area contributed by atoms with Crippen molar-refractivity contribution in [3.05, 3.63) is 0 Å². The van der Waals surface area contributed by atoms with Gasteiger partial charge in [-0.05, 0) is 31.6 Å². The van der Waals surface area contributed by atoms with Gasteiger partial charge in [-0.1, -0.05) is 20.3 Å². The maximum Gasteiger partial charge on any atom is 0.336 e. The Morgan fingerprint density at radius 2 is 1.76 bits per heavy atom. The second kappa shape index (κ2) is 5.49. The third kappa shape index (κ3) is 2.97. The highest BCUT2D eigenvalue weighted by molar-refractivity contribution is 6.06. The lowest BCUT2D eigenvalue weighted by molar-refractivity contribution is -0.162. The van der Waals surface area contributed by atoms with Crippen molar-refractivity contribution in [2.45, 2.75) is 57.6 Å². The number of primary amides is 1. The highest BCUT2D eigenvalue weighted by Crippen LogP contribution is 2.23. The minimum absolute atomic E-state index is 0.114. The number of hydrogen-bond acceptors (Lipinski definition) is 4. The van der Waals surface area contributed by atoms with Gasteiger partial charge in [-0.3, -0.25) is 4.79 Å². The van der Waals surface area contributed by atoms with Crippen LogP contribution in [0.25, 0.3) is 0 Å². The van der Waals surface area contributed by atoms with Crippen LogP contribution in [0.3, 0.4) is 0 Å². The number of carbonyl (C=O) groups is 2. The van der Waals surface area contributed by atoms with E-state index in [4.69, 9.17) is 16.2 Å². The molecule has 0 heterocycles. The van der Waals surface area contributed by atoms with Gasteiger partial charge < -0.3 is 16.2 Å². The molecule has 0 aromatic carbocycles. The summed E-state index contributed by atoms with van der Waals surface area (Å²) in [4.78, 5) is 23.3. The molecule has 0 aliphatic heterocycles. The summed E-state index contributed by atoms with van der Waals surface area (Å²) in [5.41, 5.74) is 9.30. The molecule has 1 fully saturated rings. The molecule has 1 aliphatic rings. The number of rotatable bonds is 4. The van der Waals surface area contributed by atoms with E-state index in [1.807, 2.05) is 0 Å². The molecule has 0 radical (unpaired) electrons. The highest BCUT2D eigenvalue weighted by Gasteiger charge is 2.46. The maximum absolute atomic E-state index is 12.0. The van der Waals surface area contributed by atoms with Gasteiger partial charge in [0.1, 0.15) is 6.10 Å². The van der Waals surface area contributed by atoms with E-state index in [0.717, 1.165) is 25.7 Å². The molecule has 5 heteroatoms. The van der Waals surface area contributed by atoms with Crippen LogP contribution in [0.1, 0.15) is 46.0 Å². The van der Waals surface area contributed by atoms with Crippen molar-refractivity contribution in [3.63, 3.8) is 0 Å². The Labute approximate surface area is 102 Å². The first kappa shape index (κ1) is 14.0. The van der Waals surface area contributed by atoms with Crippen molar-refractivity contribution < 1.29 is 14.3 Å². The summed E-state index contributed by atoms with van der Waals surface area (Å²) in [6.07, 6.45) is 4.85. The monoisotopic (exact) mass is 242 g/mol. The zero-order chi connectivity index (χ0) is 13.1. The van der Waals surface area contributed by atoms with Crippen molar-refractivity contribution in [1.82, 2.24) is 0 Å². The van der Waals surface area contributed by atoms with E-state index in [1.54, 1.807) is 13.8 Å². The van der Waals surface area contributed by atoms with Gasteiger partial charge in [0.15, 0.2) is 5.54 Å². The van der Waals surface area contributed by atoms with E-state index >= 15 is 0 Å². The van der Waals surface area contributed by atoms with E-state index in [1.165, 1.54) is 6.42 Å². The normalized spacial score (nSPS) is 20.9. The minimum atomic E-state index is -1.71. The quantitative estimate of drug-likeness (QED) is 0.560. The zero-order valence-corrected chi connectivity index (χ0v) is 10.6. The average Bonchev–Trinajstić information content (AvgIpc) is 2.28. The van der Waals surface area contributed by atoms with Gasteiger partial charge in [0, 0.05) is 0 Å². The largest absolute Gasteiger partial charge is 0.461 e. The first-order valence-electron chi connectivity index (χ1n) is 6.19. The first-order chi connectivity index (χ1) is 7.89. The number of hydrogen-bond donors (Lipinski definition) is 2. The van der Waals surface area contributed by atoms with E-state index in [9.17, 15) is 9.59 Å². The molecular formula is C12H22N2O3. The van der Waals surface area contributed by atoms with Crippen LogP contribution in [0, 0.1) is 5.92 Å². The smallest absolute Gasteiger partial charge is 0.336 e. The summed E-state index contributed by atoms with van der Waals surface area (Å²) < 4.78 is 5.31. The molecule has 0 aromatic rings. The summed E-state index contributed by atoms with van der Waals surface area (Å²) in [5.74, 6) is -1.89. The number of ether oxygens (including phenoxy) is 1. The standard InChI is InChI=1S/C12H22N2O3/c1-8(2)12(14,10(13)15)11(16)17-9-6-4-3-5-7-9/h8-9H,3-7,14H2,1-2H3,(H2,13,15)/t12-/m0/s1. The predicted octanol–water partition coefficient (Wildman–Crippen LogP) is 0.701. The topological polar surface area (TPSA) is 95.4 Å². The number of amides is 1. The van der Waals surface area contributed by atoms with Gasteiger partial charge in [0.05, 0.1) is 0 Å². The van der Waals surface area contributed by atoms with Crippen LogP contribution in [0.2, 0.25) is 0 Å². The summed E-state index contributed by atoms with van der Waals surface area (Å²) in [6.45, 7) is 3.37. The summed E-state index contributed by atoms with van der Waals surface area (Å²) in [6, 6.07) is 0. The van der Waals surface area contributed by atoms with Crippen LogP contribution in [-0.2, 0) is 14.3 Å². The van der Waals surface area contributed by atoms with Crippen LogP contribution in [0.15, 0.2) is 0 Å². The van der Waals surface area contributed by atoms with Crippen molar-refractivity contribution in [2.24, 2.45) is 17.4 Å². The van der Waals surface area contributed by atoms with Crippen LogP contribution < -0.4 is 11.5 Å². The summed E-state index contributed by atoms with van der Waals surface area (Å²) in [7, 11) is 0. The molecule has 1 atom stereocenters. The molecule has 0 spiro atoms. The van der Waals surface area contributed by atoms with Gasteiger partial charge in [0.25, 0.3) is 0 Å². The molecule has 0 saturated heterocycles. The molecule has 1 rings (SSSR count). The van der Waals surface area contributed by atoms with Crippen LogP contribution in [0.5, 0.6) is 0 Å². The second-order valence-corrected chi connectivity index (χ2v) is 5.05. The van der Waals surface area contributed by atoms with Crippen LogP contribution in [-0.4, -0.2) is 23.5 Å². The molecule has 17 heavy (non-hydrogen) atoms. The lowest BCUT2D eigenvalue weighted by Crippen LogP contribution is -2.62. The summed E-state index contributed by atoms with van der Waals surface area (Å²) >= 11 is 0. The molecule has 5 nitrogen and oxygen atoms in total. The number of carbonyl (C=O) groups excluding carboxylic acids is 2. The SMILES string of the molecule is CC(C)[C@](N)(C(N)=O)C(=O)OC1CCCCC1.